The van der Waals surface area contributed by atoms with Gasteiger partial charge in [0.05, 0.1) is 13.4 Å². The molecule has 6 heteroatoms. The third-order valence-electron chi connectivity index (χ3n) is 4.42. The second-order valence-corrected chi connectivity index (χ2v) is 7.90. The van der Waals surface area contributed by atoms with Crippen molar-refractivity contribution in [2.24, 2.45) is 0 Å². The molecule has 0 aliphatic carbocycles. The zero-order chi connectivity index (χ0) is 21.7. The van der Waals surface area contributed by atoms with Gasteiger partial charge in [-0.2, -0.15) is 0 Å². The first kappa shape index (κ1) is 21.2. The minimum absolute atomic E-state index is 0.148. The summed E-state index contributed by atoms with van der Waals surface area (Å²) in [5.74, 6) is 0.0994. The second kappa shape index (κ2) is 8.86. The summed E-state index contributed by atoms with van der Waals surface area (Å²) in [6, 6.07) is 18.6. The lowest BCUT2D eigenvalue weighted by atomic mass is 10.0. The van der Waals surface area contributed by atoms with Crippen molar-refractivity contribution >= 4 is 17.5 Å². The second-order valence-electron chi connectivity index (χ2n) is 7.90. The summed E-state index contributed by atoms with van der Waals surface area (Å²) in [6.45, 7) is 5.71. The van der Waals surface area contributed by atoms with Gasteiger partial charge in [-0.25, -0.2) is 0 Å². The van der Waals surface area contributed by atoms with E-state index in [-0.39, 0.29) is 11.7 Å². The smallest absolute Gasteiger partial charge is 0.294 e. The van der Waals surface area contributed by atoms with Crippen LogP contribution in [0.3, 0.4) is 0 Å². The summed E-state index contributed by atoms with van der Waals surface area (Å²) in [5.41, 5.74) is 0.772. The van der Waals surface area contributed by atoms with Crippen LogP contribution in [0, 0.1) is 0 Å². The average Bonchev–Trinajstić information content (AvgIpc) is 3.26. The van der Waals surface area contributed by atoms with Gasteiger partial charge in [-0.05, 0) is 62.7 Å². The van der Waals surface area contributed by atoms with Gasteiger partial charge < -0.3 is 14.5 Å². The molecule has 1 unspecified atom stereocenters. The molecule has 0 saturated carbocycles. The molecule has 0 radical (unpaired) electrons. The highest BCUT2D eigenvalue weighted by Gasteiger charge is 2.35. The van der Waals surface area contributed by atoms with Crippen molar-refractivity contribution in [3.8, 4) is 5.75 Å². The number of hydrogen-bond donors (Lipinski definition) is 1. The van der Waals surface area contributed by atoms with Crippen molar-refractivity contribution in [1.82, 2.24) is 5.32 Å². The number of amides is 2. The van der Waals surface area contributed by atoms with Crippen molar-refractivity contribution in [3.05, 3.63) is 84.3 Å². The number of nitrogens with one attached hydrogen (secondary N) is 1. The van der Waals surface area contributed by atoms with Gasteiger partial charge >= 0.3 is 0 Å². The van der Waals surface area contributed by atoms with Crippen LogP contribution in [0.2, 0.25) is 0 Å². The molecule has 3 rings (SSSR count). The van der Waals surface area contributed by atoms with Crippen molar-refractivity contribution in [2.75, 3.05) is 12.0 Å². The standard InChI is InChI=1S/C24H26N2O4/c1-24(2,3)25-22(27)21(17-9-6-5-7-10-17)26(23(28)20-11-8-16-30-20)18-12-14-19(29-4)15-13-18/h5-16,21H,1-4H3,(H,25,27). The van der Waals surface area contributed by atoms with E-state index in [4.69, 9.17) is 9.15 Å². The minimum Gasteiger partial charge on any atom is -0.497 e. The number of carbonyl (C=O) groups excluding carboxylic acids is 2. The van der Waals surface area contributed by atoms with Gasteiger partial charge in [0.2, 0.25) is 5.91 Å². The lowest BCUT2D eigenvalue weighted by Crippen LogP contribution is -2.49. The zero-order valence-corrected chi connectivity index (χ0v) is 17.6. The lowest BCUT2D eigenvalue weighted by Gasteiger charge is -2.33. The van der Waals surface area contributed by atoms with Gasteiger partial charge in [0.1, 0.15) is 11.8 Å². The fourth-order valence-electron chi connectivity index (χ4n) is 3.14. The molecule has 0 fully saturated rings. The third-order valence-corrected chi connectivity index (χ3v) is 4.42. The number of hydrogen-bond acceptors (Lipinski definition) is 4. The number of methoxy groups -OCH3 is 1. The molecule has 0 aliphatic rings. The van der Waals surface area contributed by atoms with Crippen LogP contribution < -0.4 is 15.0 Å². The number of ether oxygens (including phenoxy) is 1. The molecule has 1 heterocycles. The Labute approximate surface area is 176 Å². The van der Waals surface area contributed by atoms with Crippen molar-refractivity contribution in [2.45, 2.75) is 32.4 Å². The molecule has 0 bridgehead atoms. The van der Waals surface area contributed by atoms with Gasteiger partial charge in [-0.15, -0.1) is 0 Å². The number of rotatable bonds is 6. The van der Waals surface area contributed by atoms with Crippen LogP contribution in [0.4, 0.5) is 5.69 Å². The number of carbonyl (C=O) groups is 2. The van der Waals surface area contributed by atoms with E-state index in [2.05, 4.69) is 5.32 Å². The van der Waals surface area contributed by atoms with Gasteiger partial charge in [0.25, 0.3) is 5.91 Å². The normalized spacial score (nSPS) is 12.1. The van der Waals surface area contributed by atoms with E-state index in [1.807, 2.05) is 51.1 Å². The van der Waals surface area contributed by atoms with Crippen LogP contribution in [0.1, 0.15) is 42.9 Å². The summed E-state index contributed by atoms with van der Waals surface area (Å²) in [4.78, 5) is 28.3. The monoisotopic (exact) mass is 406 g/mol. The Morgan fingerprint density at radius 2 is 1.63 bits per heavy atom. The lowest BCUT2D eigenvalue weighted by molar-refractivity contribution is -0.123. The van der Waals surface area contributed by atoms with Crippen LogP contribution in [0.5, 0.6) is 5.75 Å². The maximum atomic E-state index is 13.5. The highest BCUT2D eigenvalue weighted by Crippen LogP contribution is 2.31. The van der Waals surface area contributed by atoms with Gasteiger partial charge in [-0.3, -0.25) is 14.5 Å². The molecule has 156 valence electrons. The number of benzene rings is 2. The molecule has 6 nitrogen and oxygen atoms in total. The molecule has 1 N–H and O–H groups in total. The minimum atomic E-state index is -0.892. The Morgan fingerprint density at radius 3 is 2.17 bits per heavy atom. The summed E-state index contributed by atoms with van der Waals surface area (Å²) in [6.07, 6.45) is 1.44. The molecule has 30 heavy (non-hydrogen) atoms. The van der Waals surface area contributed by atoms with Gasteiger partial charge in [-0.1, -0.05) is 30.3 Å². The molecule has 2 amide bonds. The van der Waals surface area contributed by atoms with Crippen LogP contribution in [0.25, 0.3) is 0 Å². The zero-order valence-electron chi connectivity index (χ0n) is 17.6. The first-order chi connectivity index (χ1) is 14.3. The highest BCUT2D eigenvalue weighted by atomic mass is 16.5. The summed E-state index contributed by atoms with van der Waals surface area (Å²) < 4.78 is 10.6. The van der Waals surface area contributed by atoms with Crippen LogP contribution in [-0.2, 0) is 4.79 Å². The summed E-state index contributed by atoms with van der Waals surface area (Å²) in [7, 11) is 1.57. The molecule has 2 aromatic carbocycles. The van der Waals surface area contributed by atoms with Crippen molar-refractivity contribution in [3.63, 3.8) is 0 Å². The Hall–Kier alpha value is -3.54. The van der Waals surface area contributed by atoms with Gasteiger partial charge in [0, 0.05) is 11.2 Å². The molecule has 3 aromatic rings. The number of anilines is 1. The van der Waals surface area contributed by atoms with Crippen molar-refractivity contribution < 1.29 is 18.7 Å². The first-order valence-corrected chi connectivity index (χ1v) is 9.68. The third kappa shape index (κ3) is 4.89. The van der Waals surface area contributed by atoms with E-state index in [1.165, 1.54) is 11.2 Å². The highest BCUT2D eigenvalue weighted by molar-refractivity contribution is 6.08. The van der Waals surface area contributed by atoms with E-state index in [0.29, 0.717) is 17.0 Å². The predicted molar refractivity (Wildman–Crippen MR) is 116 cm³/mol. The fraction of sp³-hybridized carbons (Fsp3) is 0.250. The average molecular weight is 406 g/mol. The Bertz CT molecular complexity index is 974. The molecule has 0 aliphatic heterocycles. The molecular formula is C24H26N2O4. The first-order valence-electron chi connectivity index (χ1n) is 9.68. The molecule has 1 aromatic heterocycles. The Morgan fingerprint density at radius 1 is 0.967 bits per heavy atom. The maximum Gasteiger partial charge on any atom is 0.294 e. The quantitative estimate of drug-likeness (QED) is 0.650. The molecule has 0 spiro atoms. The largest absolute Gasteiger partial charge is 0.497 e. The number of furan rings is 1. The van der Waals surface area contributed by atoms with E-state index >= 15 is 0 Å². The molecular weight excluding hydrogens is 380 g/mol. The Kier molecular flexibility index (Phi) is 6.26. The van der Waals surface area contributed by atoms with E-state index < -0.39 is 17.5 Å². The van der Waals surface area contributed by atoms with Crippen molar-refractivity contribution in [1.29, 1.82) is 0 Å². The number of nitrogens with zero attached hydrogens (tertiary/aromatic N) is 1. The fourth-order valence-corrected chi connectivity index (χ4v) is 3.14. The predicted octanol–water partition coefficient (Wildman–Crippen LogP) is 4.59. The topological polar surface area (TPSA) is 71.8 Å². The summed E-state index contributed by atoms with van der Waals surface area (Å²) in [5, 5.41) is 3.00. The molecule has 0 saturated heterocycles. The SMILES string of the molecule is COc1ccc(N(C(=O)c2ccco2)C(C(=O)NC(C)(C)C)c2ccccc2)cc1. The van der Waals surface area contributed by atoms with Crippen LogP contribution in [-0.4, -0.2) is 24.5 Å². The summed E-state index contributed by atoms with van der Waals surface area (Å²) >= 11 is 0. The molecule has 1 atom stereocenters. The van der Waals surface area contributed by atoms with Gasteiger partial charge in [0.15, 0.2) is 5.76 Å². The Balaban J connectivity index is 2.14. The van der Waals surface area contributed by atoms with Crippen LogP contribution in [0.15, 0.2) is 77.4 Å². The maximum absolute atomic E-state index is 13.5. The van der Waals surface area contributed by atoms with Crippen LogP contribution >= 0.6 is 0 Å². The van der Waals surface area contributed by atoms with E-state index in [1.54, 1.807) is 43.5 Å². The van der Waals surface area contributed by atoms with E-state index in [0.717, 1.165) is 0 Å². The van der Waals surface area contributed by atoms with E-state index in [9.17, 15) is 9.59 Å².